The molecule has 3 rings (SSSR count). The highest BCUT2D eigenvalue weighted by molar-refractivity contribution is 5.93. The van der Waals surface area contributed by atoms with Crippen molar-refractivity contribution >= 4 is 23.2 Å². The number of amides is 2. The van der Waals surface area contributed by atoms with Crippen LogP contribution in [-0.4, -0.2) is 23.9 Å². The normalized spacial score (nSPS) is 26.5. The summed E-state index contributed by atoms with van der Waals surface area (Å²) in [5.41, 5.74) is 1.43. The number of rotatable bonds is 4. The van der Waals surface area contributed by atoms with E-state index in [0.29, 0.717) is 30.1 Å². The van der Waals surface area contributed by atoms with Crippen molar-refractivity contribution < 1.29 is 9.59 Å². The van der Waals surface area contributed by atoms with Gasteiger partial charge in [0, 0.05) is 36.8 Å². The second-order valence-electron chi connectivity index (χ2n) is 6.49. The van der Waals surface area contributed by atoms with Gasteiger partial charge in [0.2, 0.25) is 11.8 Å². The topological polar surface area (TPSA) is 70.2 Å². The Morgan fingerprint density at radius 2 is 1.77 bits per heavy atom. The molecular formula is C17H23N3O2. The first-order chi connectivity index (χ1) is 10.6. The fraction of sp³-hybridized carbons (Fsp3) is 0.529. The van der Waals surface area contributed by atoms with Crippen molar-refractivity contribution in [2.45, 2.75) is 51.1 Å². The zero-order chi connectivity index (χ0) is 15.5. The Kier molecular flexibility index (Phi) is 4.43. The molecule has 0 aliphatic carbocycles. The van der Waals surface area contributed by atoms with Crippen molar-refractivity contribution in [2.24, 2.45) is 5.92 Å². The third-order valence-electron chi connectivity index (χ3n) is 4.51. The molecule has 0 radical (unpaired) electrons. The van der Waals surface area contributed by atoms with E-state index in [-0.39, 0.29) is 11.8 Å². The first-order valence-electron chi connectivity index (χ1n) is 8.02. The molecule has 22 heavy (non-hydrogen) atoms. The molecule has 2 bridgehead atoms. The quantitative estimate of drug-likeness (QED) is 0.800. The van der Waals surface area contributed by atoms with E-state index in [1.54, 1.807) is 6.07 Å². The molecule has 2 aliphatic heterocycles. The van der Waals surface area contributed by atoms with Crippen LogP contribution in [0.2, 0.25) is 0 Å². The number of carbonyl (C=O) groups is 2. The number of anilines is 2. The van der Waals surface area contributed by atoms with Gasteiger partial charge in [-0.15, -0.1) is 0 Å². The predicted octanol–water partition coefficient (Wildman–Crippen LogP) is 2.50. The van der Waals surface area contributed by atoms with E-state index in [1.807, 2.05) is 18.2 Å². The van der Waals surface area contributed by atoms with E-state index in [0.717, 1.165) is 18.5 Å². The largest absolute Gasteiger partial charge is 0.326 e. The lowest BCUT2D eigenvalue weighted by Gasteiger charge is -2.28. The average Bonchev–Trinajstić information content (AvgIpc) is 2.77. The Bertz CT molecular complexity index is 561. The van der Waals surface area contributed by atoms with Crippen LogP contribution in [0.25, 0.3) is 0 Å². The molecule has 2 fully saturated rings. The molecule has 2 unspecified atom stereocenters. The molecule has 0 aromatic heterocycles. The molecule has 3 N–H and O–H groups in total. The van der Waals surface area contributed by atoms with Crippen LogP contribution in [0.15, 0.2) is 24.3 Å². The van der Waals surface area contributed by atoms with Gasteiger partial charge in [-0.3, -0.25) is 9.59 Å². The molecule has 5 nitrogen and oxygen atoms in total. The molecule has 5 heteroatoms. The van der Waals surface area contributed by atoms with Gasteiger partial charge in [0.05, 0.1) is 0 Å². The Morgan fingerprint density at radius 1 is 1.14 bits per heavy atom. The van der Waals surface area contributed by atoms with Crippen molar-refractivity contribution in [2.75, 3.05) is 10.6 Å². The van der Waals surface area contributed by atoms with Crippen LogP contribution in [0, 0.1) is 5.92 Å². The van der Waals surface area contributed by atoms with Gasteiger partial charge < -0.3 is 16.0 Å². The number of benzene rings is 1. The molecule has 0 saturated carbocycles. The lowest BCUT2D eigenvalue weighted by Crippen LogP contribution is -2.39. The zero-order valence-electron chi connectivity index (χ0n) is 12.9. The molecule has 2 aliphatic rings. The van der Waals surface area contributed by atoms with Crippen LogP contribution >= 0.6 is 0 Å². The summed E-state index contributed by atoms with van der Waals surface area (Å²) >= 11 is 0. The van der Waals surface area contributed by atoms with Crippen LogP contribution in [0.4, 0.5) is 11.4 Å². The molecule has 2 heterocycles. The summed E-state index contributed by atoms with van der Waals surface area (Å²) in [5.74, 6) is 0.428. The Morgan fingerprint density at radius 3 is 2.41 bits per heavy atom. The van der Waals surface area contributed by atoms with Crippen LogP contribution in [-0.2, 0) is 9.59 Å². The highest BCUT2D eigenvalue weighted by atomic mass is 16.2. The summed E-state index contributed by atoms with van der Waals surface area (Å²) in [6, 6.07) is 8.48. The van der Waals surface area contributed by atoms with Gasteiger partial charge in [0.25, 0.3) is 0 Å². The predicted molar refractivity (Wildman–Crippen MR) is 86.7 cm³/mol. The number of piperidine rings is 1. The number of hydrogen-bond donors (Lipinski definition) is 3. The molecule has 0 spiro atoms. The third kappa shape index (κ3) is 3.85. The van der Waals surface area contributed by atoms with Crippen molar-refractivity contribution in [3.05, 3.63) is 24.3 Å². The van der Waals surface area contributed by atoms with Gasteiger partial charge in [-0.25, -0.2) is 0 Å². The van der Waals surface area contributed by atoms with Gasteiger partial charge in [0.1, 0.15) is 0 Å². The Hall–Kier alpha value is -1.88. The number of hydrogen-bond acceptors (Lipinski definition) is 3. The van der Waals surface area contributed by atoms with E-state index in [4.69, 9.17) is 0 Å². The highest BCUT2D eigenvalue weighted by Crippen LogP contribution is 2.32. The SMILES string of the molecule is CC(=O)Nc1cccc(NC(=O)CC2CC3CCC(C2)N3)c1. The first-order valence-corrected chi connectivity index (χ1v) is 8.02. The number of nitrogens with one attached hydrogen (secondary N) is 3. The van der Waals surface area contributed by atoms with Crippen molar-refractivity contribution in [3.63, 3.8) is 0 Å². The van der Waals surface area contributed by atoms with E-state index in [1.165, 1.54) is 19.8 Å². The van der Waals surface area contributed by atoms with Gasteiger partial charge in [-0.2, -0.15) is 0 Å². The standard InChI is InChI=1S/C17H23N3O2/c1-11(21)18-13-3-2-4-14(10-13)20-17(22)9-12-7-15-5-6-16(8-12)19-15/h2-4,10,12,15-16,19H,5-9H2,1H3,(H,18,21)(H,20,22). The summed E-state index contributed by atoms with van der Waals surface area (Å²) in [5, 5.41) is 9.26. The monoisotopic (exact) mass is 301 g/mol. The fourth-order valence-electron chi connectivity index (χ4n) is 3.69. The minimum Gasteiger partial charge on any atom is -0.326 e. The minimum atomic E-state index is -0.117. The molecule has 118 valence electrons. The molecule has 2 saturated heterocycles. The smallest absolute Gasteiger partial charge is 0.224 e. The third-order valence-corrected chi connectivity index (χ3v) is 4.51. The minimum absolute atomic E-state index is 0.0614. The zero-order valence-corrected chi connectivity index (χ0v) is 12.9. The molecule has 2 atom stereocenters. The summed E-state index contributed by atoms with van der Waals surface area (Å²) < 4.78 is 0. The van der Waals surface area contributed by atoms with Crippen LogP contribution in [0.1, 0.15) is 39.0 Å². The van der Waals surface area contributed by atoms with Crippen molar-refractivity contribution in [1.29, 1.82) is 0 Å². The maximum absolute atomic E-state index is 12.2. The highest BCUT2D eigenvalue weighted by Gasteiger charge is 2.34. The van der Waals surface area contributed by atoms with Gasteiger partial charge >= 0.3 is 0 Å². The second-order valence-corrected chi connectivity index (χ2v) is 6.49. The first kappa shape index (κ1) is 15.0. The van der Waals surface area contributed by atoms with Crippen LogP contribution in [0.5, 0.6) is 0 Å². The van der Waals surface area contributed by atoms with Gasteiger partial charge in [-0.05, 0) is 49.8 Å². The fourth-order valence-corrected chi connectivity index (χ4v) is 3.69. The summed E-state index contributed by atoms with van der Waals surface area (Å²) in [6.45, 7) is 1.47. The lowest BCUT2D eigenvalue weighted by atomic mass is 9.89. The summed E-state index contributed by atoms with van der Waals surface area (Å²) in [6.07, 6.45) is 5.30. The maximum atomic E-state index is 12.2. The second kappa shape index (κ2) is 6.48. The maximum Gasteiger partial charge on any atom is 0.224 e. The molecule has 1 aromatic carbocycles. The Balaban J connectivity index is 1.54. The average molecular weight is 301 g/mol. The number of fused-ring (bicyclic) bond motifs is 2. The number of carbonyl (C=O) groups excluding carboxylic acids is 2. The van der Waals surface area contributed by atoms with Crippen molar-refractivity contribution in [3.8, 4) is 0 Å². The van der Waals surface area contributed by atoms with Gasteiger partial charge in [-0.1, -0.05) is 6.07 Å². The van der Waals surface area contributed by atoms with Crippen LogP contribution < -0.4 is 16.0 Å². The van der Waals surface area contributed by atoms with Crippen molar-refractivity contribution in [1.82, 2.24) is 5.32 Å². The van der Waals surface area contributed by atoms with Crippen LogP contribution in [0.3, 0.4) is 0 Å². The van der Waals surface area contributed by atoms with E-state index >= 15 is 0 Å². The van der Waals surface area contributed by atoms with Gasteiger partial charge in [0.15, 0.2) is 0 Å². The molecular weight excluding hydrogens is 278 g/mol. The molecule has 1 aromatic rings. The lowest BCUT2D eigenvalue weighted by molar-refractivity contribution is -0.117. The van der Waals surface area contributed by atoms with E-state index in [9.17, 15) is 9.59 Å². The summed E-state index contributed by atoms with van der Waals surface area (Å²) in [4.78, 5) is 23.3. The van der Waals surface area contributed by atoms with E-state index in [2.05, 4.69) is 16.0 Å². The molecule has 2 amide bonds. The van der Waals surface area contributed by atoms with E-state index < -0.39 is 0 Å². The Labute approximate surface area is 130 Å². The summed E-state index contributed by atoms with van der Waals surface area (Å²) in [7, 11) is 0.